The third-order valence-corrected chi connectivity index (χ3v) is 2.84. The van der Waals surface area contributed by atoms with E-state index in [-0.39, 0.29) is 37.1 Å². The Kier molecular flexibility index (Phi) is 5.77. The lowest BCUT2D eigenvalue weighted by Crippen LogP contribution is -2.27. The normalized spacial score (nSPS) is 9.94. The Balaban J connectivity index is 2.40. The lowest BCUT2D eigenvalue weighted by Gasteiger charge is -2.05. The van der Waals surface area contributed by atoms with Crippen LogP contribution in [0.5, 0.6) is 0 Å². The maximum Gasteiger partial charge on any atom is 0.307 e. The third-order valence-electron chi connectivity index (χ3n) is 2.23. The highest BCUT2D eigenvalue weighted by molar-refractivity contribution is 9.10. The van der Waals surface area contributed by atoms with Crippen LogP contribution in [0.2, 0.25) is 0 Å². The van der Waals surface area contributed by atoms with Crippen LogP contribution in [0.3, 0.4) is 0 Å². The molecule has 18 heavy (non-hydrogen) atoms. The Hall–Kier alpha value is -1.43. The van der Waals surface area contributed by atoms with E-state index in [4.69, 9.17) is 0 Å². The van der Waals surface area contributed by atoms with Gasteiger partial charge in [0, 0.05) is 6.54 Å². The zero-order chi connectivity index (χ0) is 13.5. The first kappa shape index (κ1) is 14.6. The van der Waals surface area contributed by atoms with E-state index in [9.17, 15) is 14.0 Å². The van der Waals surface area contributed by atoms with E-state index in [0.29, 0.717) is 10.0 Å². The summed E-state index contributed by atoms with van der Waals surface area (Å²) in [7, 11) is 1.29. The number of carbonyl (C=O) groups excluding carboxylic acids is 2. The molecule has 0 aromatic heterocycles. The number of benzene rings is 1. The summed E-state index contributed by atoms with van der Waals surface area (Å²) in [5, 5.41) is 2.58. The van der Waals surface area contributed by atoms with Crippen molar-refractivity contribution in [1.29, 1.82) is 0 Å². The van der Waals surface area contributed by atoms with Gasteiger partial charge in [-0.3, -0.25) is 9.59 Å². The minimum Gasteiger partial charge on any atom is -0.469 e. The molecule has 1 amide bonds. The maximum absolute atomic E-state index is 13.0. The number of amides is 1. The van der Waals surface area contributed by atoms with Crippen molar-refractivity contribution in [2.45, 2.75) is 12.8 Å². The van der Waals surface area contributed by atoms with Gasteiger partial charge in [-0.05, 0) is 33.6 Å². The molecular weight excluding hydrogens is 305 g/mol. The van der Waals surface area contributed by atoms with Crippen molar-refractivity contribution in [2.24, 2.45) is 0 Å². The summed E-state index contributed by atoms with van der Waals surface area (Å²) in [5.74, 6) is -0.970. The number of hydrogen-bond acceptors (Lipinski definition) is 3. The van der Waals surface area contributed by atoms with E-state index >= 15 is 0 Å². The van der Waals surface area contributed by atoms with E-state index in [1.807, 2.05) is 0 Å². The Bertz CT molecular complexity index is 451. The summed E-state index contributed by atoms with van der Waals surface area (Å²) in [4.78, 5) is 22.3. The van der Waals surface area contributed by atoms with Crippen LogP contribution in [0.15, 0.2) is 22.7 Å². The molecule has 0 bridgehead atoms. The van der Waals surface area contributed by atoms with Crippen LogP contribution in [-0.2, 0) is 20.7 Å². The molecule has 6 heteroatoms. The molecule has 0 aliphatic rings. The summed E-state index contributed by atoms with van der Waals surface area (Å²) >= 11 is 3.05. The number of halogens is 2. The van der Waals surface area contributed by atoms with E-state index in [1.165, 1.54) is 13.2 Å². The first-order valence-electron chi connectivity index (χ1n) is 5.30. The molecule has 0 saturated carbocycles. The van der Waals surface area contributed by atoms with Crippen molar-refractivity contribution in [3.63, 3.8) is 0 Å². The maximum atomic E-state index is 13.0. The molecule has 0 atom stereocenters. The Morgan fingerprint density at radius 1 is 1.44 bits per heavy atom. The summed E-state index contributed by atoms with van der Waals surface area (Å²) in [6.45, 7) is 0.230. The average molecular weight is 318 g/mol. The standard InChI is InChI=1S/C12H13BrFNO3/c1-18-12(17)4-5-15-11(16)7-8-2-3-10(14)9(13)6-8/h2-3,6H,4-5,7H2,1H3,(H,15,16). The van der Waals surface area contributed by atoms with Gasteiger partial charge in [0.1, 0.15) is 5.82 Å². The minimum atomic E-state index is -0.375. The van der Waals surface area contributed by atoms with Gasteiger partial charge in [0.15, 0.2) is 0 Å². The molecular formula is C12H13BrFNO3. The molecule has 1 aromatic carbocycles. The fraction of sp³-hybridized carbons (Fsp3) is 0.333. The number of ether oxygens (including phenoxy) is 1. The molecule has 98 valence electrons. The number of methoxy groups -OCH3 is 1. The smallest absolute Gasteiger partial charge is 0.307 e. The molecule has 0 fully saturated rings. The van der Waals surface area contributed by atoms with Crippen LogP contribution in [0, 0.1) is 5.82 Å². The number of nitrogens with one attached hydrogen (secondary N) is 1. The molecule has 0 radical (unpaired) electrons. The molecule has 1 rings (SSSR count). The zero-order valence-corrected chi connectivity index (χ0v) is 11.4. The largest absolute Gasteiger partial charge is 0.469 e. The van der Waals surface area contributed by atoms with Crippen molar-refractivity contribution >= 4 is 27.8 Å². The van der Waals surface area contributed by atoms with E-state index in [0.717, 1.165) is 0 Å². The molecule has 4 nitrogen and oxygen atoms in total. The highest BCUT2D eigenvalue weighted by Crippen LogP contribution is 2.17. The van der Waals surface area contributed by atoms with Gasteiger partial charge in [0.25, 0.3) is 0 Å². The molecule has 0 heterocycles. The van der Waals surface area contributed by atoms with E-state index in [1.54, 1.807) is 12.1 Å². The van der Waals surface area contributed by atoms with E-state index < -0.39 is 0 Å². The van der Waals surface area contributed by atoms with Crippen LogP contribution in [0.25, 0.3) is 0 Å². The monoisotopic (exact) mass is 317 g/mol. The van der Waals surface area contributed by atoms with Crippen molar-refractivity contribution in [1.82, 2.24) is 5.32 Å². The van der Waals surface area contributed by atoms with Gasteiger partial charge < -0.3 is 10.1 Å². The highest BCUT2D eigenvalue weighted by Gasteiger charge is 2.07. The Morgan fingerprint density at radius 2 is 2.17 bits per heavy atom. The lowest BCUT2D eigenvalue weighted by molar-refractivity contribution is -0.140. The summed E-state index contributed by atoms with van der Waals surface area (Å²) in [6, 6.07) is 4.39. The number of rotatable bonds is 5. The van der Waals surface area contributed by atoms with Crippen LogP contribution < -0.4 is 5.32 Å². The Morgan fingerprint density at radius 3 is 2.78 bits per heavy atom. The molecule has 0 saturated heterocycles. The molecule has 1 N–H and O–H groups in total. The second-order valence-electron chi connectivity index (χ2n) is 3.60. The number of esters is 1. The van der Waals surface area contributed by atoms with Gasteiger partial charge in [0.2, 0.25) is 5.91 Å². The lowest BCUT2D eigenvalue weighted by atomic mass is 10.1. The SMILES string of the molecule is COC(=O)CCNC(=O)Cc1ccc(F)c(Br)c1. The minimum absolute atomic E-state index is 0.134. The molecule has 0 aliphatic carbocycles. The van der Waals surface area contributed by atoms with Crippen LogP contribution >= 0.6 is 15.9 Å². The van der Waals surface area contributed by atoms with E-state index in [2.05, 4.69) is 26.0 Å². The molecule has 0 unspecified atom stereocenters. The van der Waals surface area contributed by atoms with Gasteiger partial charge in [-0.2, -0.15) is 0 Å². The van der Waals surface area contributed by atoms with Gasteiger partial charge in [-0.1, -0.05) is 6.07 Å². The predicted octanol–water partition coefficient (Wildman–Crippen LogP) is 1.81. The van der Waals surface area contributed by atoms with Gasteiger partial charge in [-0.25, -0.2) is 4.39 Å². The number of carbonyl (C=O) groups is 2. The summed E-state index contributed by atoms with van der Waals surface area (Å²) in [6.07, 6.45) is 0.273. The molecule has 0 spiro atoms. The second kappa shape index (κ2) is 7.10. The van der Waals surface area contributed by atoms with Crippen molar-refractivity contribution in [3.05, 3.63) is 34.1 Å². The van der Waals surface area contributed by atoms with Crippen molar-refractivity contribution in [3.8, 4) is 0 Å². The molecule has 1 aromatic rings. The van der Waals surface area contributed by atoms with Crippen molar-refractivity contribution < 1.29 is 18.7 Å². The molecule has 0 aliphatic heterocycles. The van der Waals surface area contributed by atoms with Gasteiger partial charge >= 0.3 is 5.97 Å². The second-order valence-corrected chi connectivity index (χ2v) is 4.46. The average Bonchev–Trinajstić information content (AvgIpc) is 2.33. The fourth-order valence-corrected chi connectivity index (χ4v) is 1.73. The first-order valence-corrected chi connectivity index (χ1v) is 6.09. The summed E-state index contributed by atoms with van der Waals surface area (Å²) < 4.78 is 17.7. The van der Waals surface area contributed by atoms with Gasteiger partial charge in [-0.15, -0.1) is 0 Å². The number of hydrogen-bond donors (Lipinski definition) is 1. The van der Waals surface area contributed by atoms with Crippen LogP contribution in [0.1, 0.15) is 12.0 Å². The van der Waals surface area contributed by atoms with Gasteiger partial charge in [0.05, 0.1) is 24.4 Å². The zero-order valence-electron chi connectivity index (χ0n) is 9.83. The highest BCUT2D eigenvalue weighted by atomic mass is 79.9. The first-order chi connectivity index (χ1) is 8.52. The topological polar surface area (TPSA) is 55.4 Å². The quantitative estimate of drug-likeness (QED) is 0.843. The Labute approximate surface area is 113 Å². The predicted molar refractivity (Wildman–Crippen MR) is 67.4 cm³/mol. The van der Waals surface area contributed by atoms with Crippen molar-refractivity contribution in [2.75, 3.05) is 13.7 Å². The summed E-state index contributed by atoms with van der Waals surface area (Å²) in [5.41, 5.74) is 0.693. The third kappa shape index (κ3) is 4.83. The van der Waals surface area contributed by atoms with Crippen LogP contribution in [0.4, 0.5) is 4.39 Å². The van der Waals surface area contributed by atoms with Crippen LogP contribution in [-0.4, -0.2) is 25.5 Å². The fourth-order valence-electron chi connectivity index (χ4n) is 1.30.